The first-order valence-electron chi connectivity index (χ1n) is 13.4. The molecule has 0 spiro atoms. The predicted octanol–water partition coefficient (Wildman–Crippen LogP) is 5.21. The Morgan fingerprint density at radius 2 is 1.73 bits per heavy atom. The van der Waals surface area contributed by atoms with Gasteiger partial charge >= 0.3 is 0 Å². The van der Waals surface area contributed by atoms with Crippen molar-refractivity contribution in [3.63, 3.8) is 0 Å². The van der Waals surface area contributed by atoms with E-state index in [9.17, 15) is 4.79 Å². The highest BCUT2D eigenvalue weighted by Gasteiger charge is 2.51. The van der Waals surface area contributed by atoms with Crippen LogP contribution in [0.1, 0.15) is 50.3 Å². The van der Waals surface area contributed by atoms with Crippen LogP contribution in [0, 0.1) is 0 Å². The van der Waals surface area contributed by atoms with Crippen LogP contribution in [0.5, 0.6) is 0 Å². The van der Waals surface area contributed by atoms with Crippen LogP contribution in [0.2, 0.25) is 5.28 Å². The Kier molecular flexibility index (Phi) is 7.04. The number of carbonyl (C=O) groups is 1. The molecule has 2 N–H and O–H groups in total. The molecule has 1 saturated heterocycles. The number of fused-ring (bicyclic) bond motifs is 2. The number of ether oxygens (including phenoxy) is 2. The van der Waals surface area contributed by atoms with Gasteiger partial charge in [-0.3, -0.25) is 4.79 Å². The van der Waals surface area contributed by atoms with E-state index < -0.39 is 11.9 Å². The maximum absolute atomic E-state index is 12.2. The third-order valence-electron chi connectivity index (χ3n) is 7.32. The quantitative estimate of drug-likeness (QED) is 0.286. The molecule has 2 aromatic heterocycles. The fraction of sp³-hybridized carbons (Fsp3) is 0.333. The van der Waals surface area contributed by atoms with Crippen molar-refractivity contribution in [2.45, 2.75) is 57.1 Å². The highest BCUT2D eigenvalue weighted by molar-refractivity contribution is 6.28. The number of rotatable bonds is 8. The number of imidazole rings is 1. The molecule has 0 bridgehead atoms. The maximum atomic E-state index is 12.2. The van der Waals surface area contributed by atoms with Crippen LogP contribution < -0.4 is 10.6 Å². The highest BCUT2D eigenvalue weighted by atomic mass is 35.5. The lowest BCUT2D eigenvalue weighted by molar-refractivity contribution is -0.148. The SMILES string of the molecule is CCC(=O)NC1=C[C@@H](n2cnc3c(NCC(c4ccccc4)c4ccccc4)nc(Cl)nc32)[C@@H]2OC(C)(C)O[C@H]12. The summed E-state index contributed by atoms with van der Waals surface area (Å²) >= 11 is 6.45. The van der Waals surface area contributed by atoms with E-state index in [1.54, 1.807) is 6.33 Å². The zero-order valence-corrected chi connectivity index (χ0v) is 23.3. The van der Waals surface area contributed by atoms with E-state index in [-0.39, 0.29) is 29.3 Å². The molecule has 4 aromatic rings. The highest BCUT2D eigenvalue weighted by Crippen LogP contribution is 2.43. The number of nitrogens with zero attached hydrogens (tertiary/aromatic N) is 4. The minimum atomic E-state index is -0.802. The van der Waals surface area contributed by atoms with Crippen molar-refractivity contribution in [3.8, 4) is 0 Å². The minimum absolute atomic E-state index is 0.0855. The van der Waals surface area contributed by atoms with Gasteiger partial charge < -0.3 is 24.7 Å². The molecule has 0 saturated carbocycles. The van der Waals surface area contributed by atoms with Gasteiger partial charge in [0.15, 0.2) is 22.8 Å². The molecule has 40 heavy (non-hydrogen) atoms. The van der Waals surface area contributed by atoms with Crippen molar-refractivity contribution in [1.82, 2.24) is 24.8 Å². The molecule has 2 aromatic carbocycles. The molecule has 3 heterocycles. The Balaban J connectivity index is 1.33. The molecule has 2 aliphatic rings. The normalized spacial score (nSPS) is 21.4. The van der Waals surface area contributed by atoms with E-state index in [0.29, 0.717) is 35.6 Å². The summed E-state index contributed by atoms with van der Waals surface area (Å²) in [5.41, 5.74) is 4.22. The summed E-state index contributed by atoms with van der Waals surface area (Å²) in [6, 6.07) is 20.4. The van der Waals surface area contributed by atoms with Crippen molar-refractivity contribution in [1.29, 1.82) is 0 Å². The number of halogens is 1. The number of hydrogen-bond acceptors (Lipinski definition) is 7. The van der Waals surface area contributed by atoms with Crippen LogP contribution in [-0.4, -0.2) is 50.0 Å². The topological polar surface area (TPSA) is 103 Å². The molecule has 0 unspecified atom stereocenters. The monoisotopic (exact) mass is 558 g/mol. The smallest absolute Gasteiger partial charge is 0.226 e. The van der Waals surface area contributed by atoms with Gasteiger partial charge in [-0.05, 0) is 42.7 Å². The second-order valence-corrected chi connectivity index (χ2v) is 10.8. The number of nitrogens with one attached hydrogen (secondary N) is 2. The van der Waals surface area contributed by atoms with E-state index in [0.717, 1.165) is 0 Å². The molecular weight excluding hydrogens is 528 g/mol. The summed E-state index contributed by atoms with van der Waals surface area (Å²) in [6.07, 6.45) is 3.24. The first kappa shape index (κ1) is 26.4. The summed E-state index contributed by atoms with van der Waals surface area (Å²) < 4.78 is 14.3. The van der Waals surface area contributed by atoms with Crippen molar-refractivity contribution in [2.24, 2.45) is 0 Å². The molecule has 1 aliphatic heterocycles. The Morgan fingerprint density at radius 1 is 1.05 bits per heavy atom. The largest absolute Gasteiger partial charge is 0.367 e. The number of anilines is 1. The lowest BCUT2D eigenvalue weighted by atomic mass is 9.91. The second-order valence-electron chi connectivity index (χ2n) is 10.5. The Hall–Kier alpha value is -3.79. The van der Waals surface area contributed by atoms with E-state index in [1.807, 2.05) is 67.8 Å². The van der Waals surface area contributed by atoms with E-state index in [2.05, 4.69) is 49.9 Å². The zero-order valence-electron chi connectivity index (χ0n) is 22.5. The molecule has 3 atom stereocenters. The van der Waals surface area contributed by atoms with Gasteiger partial charge in [0.1, 0.15) is 12.2 Å². The Morgan fingerprint density at radius 3 is 2.38 bits per heavy atom. The predicted molar refractivity (Wildman–Crippen MR) is 153 cm³/mol. The van der Waals surface area contributed by atoms with Gasteiger partial charge in [-0.1, -0.05) is 67.6 Å². The average molecular weight is 559 g/mol. The number of carbonyl (C=O) groups excluding carboxylic acids is 1. The standard InChI is InChI=1S/C30H31ClN6O3/c1-4-23(38)34-21-15-22(26-25(21)39-30(2,3)40-26)37-17-33-24-27(35-29(31)36-28(24)37)32-16-20(18-11-7-5-8-12-18)19-13-9-6-10-14-19/h5-15,17,20,22,25-26H,4,16H2,1-3H3,(H,34,38)(H,32,35,36)/t22-,25-,26+/m1/s1. The van der Waals surface area contributed by atoms with Crippen LogP contribution in [0.4, 0.5) is 5.82 Å². The van der Waals surface area contributed by atoms with Crippen LogP contribution in [0.3, 0.4) is 0 Å². The lowest BCUT2D eigenvalue weighted by Gasteiger charge is -2.22. The zero-order chi connectivity index (χ0) is 27.9. The summed E-state index contributed by atoms with van der Waals surface area (Å²) in [5.74, 6) is -0.253. The maximum Gasteiger partial charge on any atom is 0.226 e. The number of aromatic nitrogens is 4. The van der Waals surface area contributed by atoms with Gasteiger partial charge in [0, 0.05) is 24.6 Å². The van der Waals surface area contributed by atoms with Gasteiger partial charge in [-0.25, -0.2) is 4.98 Å². The molecule has 1 aliphatic carbocycles. The minimum Gasteiger partial charge on any atom is -0.367 e. The van der Waals surface area contributed by atoms with E-state index in [1.165, 1.54) is 11.1 Å². The summed E-state index contributed by atoms with van der Waals surface area (Å²) in [7, 11) is 0. The van der Waals surface area contributed by atoms with Crippen LogP contribution in [-0.2, 0) is 14.3 Å². The molecule has 6 rings (SSSR count). The van der Waals surface area contributed by atoms with Gasteiger partial charge in [0.25, 0.3) is 0 Å². The average Bonchev–Trinajstić information content (AvgIpc) is 3.61. The van der Waals surface area contributed by atoms with Gasteiger partial charge in [0.05, 0.1) is 12.4 Å². The van der Waals surface area contributed by atoms with E-state index in [4.69, 9.17) is 21.1 Å². The van der Waals surface area contributed by atoms with Crippen LogP contribution in [0.15, 0.2) is 78.8 Å². The fourth-order valence-electron chi connectivity index (χ4n) is 5.48. The first-order valence-corrected chi connectivity index (χ1v) is 13.8. The summed E-state index contributed by atoms with van der Waals surface area (Å²) in [5, 5.41) is 6.57. The van der Waals surface area contributed by atoms with Gasteiger partial charge in [0.2, 0.25) is 11.2 Å². The number of amides is 1. The van der Waals surface area contributed by atoms with Crippen LogP contribution in [0.25, 0.3) is 11.2 Å². The number of hydrogen-bond donors (Lipinski definition) is 2. The molecular formula is C30H31ClN6O3. The van der Waals surface area contributed by atoms with Gasteiger partial charge in [-0.2, -0.15) is 9.97 Å². The van der Waals surface area contributed by atoms with Crippen molar-refractivity contribution < 1.29 is 14.3 Å². The molecule has 206 valence electrons. The van der Waals surface area contributed by atoms with Crippen molar-refractivity contribution in [2.75, 3.05) is 11.9 Å². The van der Waals surface area contributed by atoms with Crippen LogP contribution >= 0.6 is 11.6 Å². The summed E-state index contributed by atoms with van der Waals surface area (Å²) in [4.78, 5) is 25.9. The van der Waals surface area contributed by atoms with Crippen molar-refractivity contribution >= 4 is 34.5 Å². The fourth-order valence-corrected chi connectivity index (χ4v) is 5.65. The molecule has 10 heteroatoms. The third kappa shape index (κ3) is 5.08. The molecule has 0 radical (unpaired) electrons. The molecule has 1 amide bonds. The first-order chi connectivity index (χ1) is 19.3. The summed E-state index contributed by atoms with van der Waals surface area (Å²) in [6.45, 7) is 6.12. The molecule has 1 fully saturated rings. The Bertz CT molecular complexity index is 1520. The van der Waals surface area contributed by atoms with Gasteiger partial charge in [-0.15, -0.1) is 0 Å². The second kappa shape index (κ2) is 10.6. The lowest BCUT2D eigenvalue weighted by Crippen LogP contribution is -2.32. The molecule has 9 nitrogen and oxygen atoms in total. The third-order valence-corrected chi connectivity index (χ3v) is 7.49. The van der Waals surface area contributed by atoms with Crippen molar-refractivity contribution in [3.05, 3.63) is 95.2 Å². The number of benzene rings is 2. The Labute approximate surface area is 237 Å². The van der Waals surface area contributed by atoms with E-state index >= 15 is 0 Å².